The molecular formula is C12H24N2O3S. The van der Waals surface area contributed by atoms with Crippen LogP contribution in [0.2, 0.25) is 0 Å². The Morgan fingerprint density at radius 3 is 2.50 bits per heavy atom. The molecule has 0 radical (unpaired) electrons. The highest BCUT2D eigenvalue weighted by molar-refractivity contribution is 7.92. The number of carbonyl (C=O) groups excluding carboxylic acids is 1. The van der Waals surface area contributed by atoms with E-state index in [1.807, 2.05) is 20.8 Å². The molecule has 0 spiro atoms. The smallest absolute Gasteiger partial charge is 0.234 e. The first kappa shape index (κ1) is 15.4. The van der Waals surface area contributed by atoms with Gasteiger partial charge in [-0.2, -0.15) is 0 Å². The van der Waals surface area contributed by atoms with E-state index < -0.39 is 9.84 Å². The van der Waals surface area contributed by atoms with Crippen molar-refractivity contribution in [3.05, 3.63) is 0 Å². The number of nitrogens with one attached hydrogen (secondary N) is 2. The van der Waals surface area contributed by atoms with Crippen molar-refractivity contribution in [2.24, 2.45) is 5.92 Å². The monoisotopic (exact) mass is 276 g/mol. The molecule has 0 bridgehead atoms. The second kappa shape index (κ2) is 6.52. The molecule has 2 atom stereocenters. The summed E-state index contributed by atoms with van der Waals surface area (Å²) in [4.78, 5) is 11.6. The molecule has 1 rings (SSSR count). The zero-order chi connectivity index (χ0) is 13.8. The van der Waals surface area contributed by atoms with E-state index in [1.54, 1.807) is 0 Å². The molecule has 106 valence electrons. The SMILES string of the molecule is CC(C)C(C)NC(=O)CNCC1CCCS1(=O)=O. The Bertz CT molecular complexity index is 379. The van der Waals surface area contributed by atoms with Crippen LogP contribution < -0.4 is 10.6 Å². The first-order valence-corrected chi connectivity index (χ1v) is 8.26. The molecular weight excluding hydrogens is 252 g/mol. The first-order chi connectivity index (χ1) is 8.33. The Morgan fingerprint density at radius 1 is 1.33 bits per heavy atom. The highest BCUT2D eigenvalue weighted by atomic mass is 32.2. The molecule has 2 N–H and O–H groups in total. The maximum Gasteiger partial charge on any atom is 0.234 e. The van der Waals surface area contributed by atoms with Crippen LogP contribution in [-0.4, -0.2) is 44.5 Å². The standard InChI is InChI=1S/C12H24N2O3S/c1-9(2)10(3)14-12(15)8-13-7-11-5-4-6-18(11,16)17/h9-11,13H,4-8H2,1-3H3,(H,14,15). The lowest BCUT2D eigenvalue weighted by molar-refractivity contribution is -0.121. The van der Waals surface area contributed by atoms with Gasteiger partial charge in [-0.1, -0.05) is 13.8 Å². The molecule has 0 saturated carbocycles. The van der Waals surface area contributed by atoms with Crippen molar-refractivity contribution in [3.63, 3.8) is 0 Å². The van der Waals surface area contributed by atoms with Crippen molar-refractivity contribution in [3.8, 4) is 0 Å². The summed E-state index contributed by atoms with van der Waals surface area (Å²) in [7, 11) is -2.92. The van der Waals surface area contributed by atoms with Gasteiger partial charge in [-0.25, -0.2) is 8.42 Å². The molecule has 1 saturated heterocycles. The summed E-state index contributed by atoms with van der Waals surface area (Å²) in [6.45, 7) is 6.62. The van der Waals surface area contributed by atoms with E-state index >= 15 is 0 Å². The van der Waals surface area contributed by atoms with Crippen LogP contribution in [-0.2, 0) is 14.6 Å². The fourth-order valence-corrected chi connectivity index (χ4v) is 3.71. The summed E-state index contributed by atoms with van der Waals surface area (Å²) < 4.78 is 23.1. The lowest BCUT2D eigenvalue weighted by Gasteiger charge is -2.18. The predicted octanol–water partition coefficient (Wildman–Crippen LogP) is 0.314. The van der Waals surface area contributed by atoms with Gasteiger partial charge in [-0.15, -0.1) is 0 Å². The van der Waals surface area contributed by atoms with Crippen molar-refractivity contribution < 1.29 is 13.2 Å². The average Bonchev–Trinajstić information content (AvgIpc) is 2.58. The van der Waals surface area contributed by atoms with Gasteiger partial charge >= 0.3 is 0 Å². The molecule has 1 aliphatic heterocycles. The zero-order valence-corrected chi connectivity index (χ0v) is 12.2. The number of rotatable bonds is 6. The van der Waals surface area contributed by atoms with Crippen molar-refractivity contribution in [2.75, 3.05) is 18.8 Å². The number of carbonyl (C=O) groups is 1. The molecule has 18 heavy (non-hydrogen) atoms. The first-order valence-electron chi connectivity index (χ1n) is 6.54. The normalized spacial score (nSPS) is 24.1. The molecule has 0 aromatic rings. The van der Waals surface area contributed by atoms with Crippen LogP contribution in [0.1, 0.15) is 33.6 Å². The predicted molar refractivity (Wildman–Crippen MR) is 72.1 cm³/mol. The third-order valence-electron chi connectivity index (χ3n) is 3.51. The lowest BCUT2D eigenvalue weighted by atomic mass is 10.1. The summed E-state index contributed by atoms with van der Waals surface area (Å²) in [5, 5.41) is 5.50. The Labute approximate surface area is 110 Å². The van der Waals surface area contributed by atoms with Gasteiger partial charge in [-0.05, 0) is 25.7 Å². The lowest BCUT2D eigenvalue weighted by Crippen LogP contribution is -2.43. The van der Waals surface area contributed by atoms with Crippen molar-refractivity contribution >= 4 is 15.7 Å². The fourth-order valence-electron chi connectivity index (χ4n) is 1.91. The van der Waals surface area contributed by atoms with Gasteiger partial charge in [0.2, 0.25) is 5.91 Å². The largest absolute Gasteiger partial charge is 0.352 e. The van der Waals surface area contributed by atoms with Crippen molar-refractivity contribution in [1.29, 1.82) is 0 Å². The second-order valence-electron chi connectivity index (χ2n) is 5.36. The topological polar surface area (TPSA) is 75.3 Å². The third kappa shape index (κ3) is 4.57. The van der Waals surface area contributed by atoms with Crippen LogP contribution in [0.3, 0.4) is 0 Å². The number of hydrogen-bond acceptors (Lipinski definition) is 4. The van der Waals surface area contributed by atoms with E-state index in [0.29, 0.717) is 18.9 Å². The molecule has 1 amide bonds. The summed E-state index contributed by atoms with van der Waals surface area (Å²) in [6.07, 6.45) is 1.45. The van der Waals surface area contributed by atoms with Gasteiger partial charge < -0.3 is 10.6 Å². The number of sulfone groups is 1. The Morgan fingerprint density at radius 2 is 2.00 bits per heavy atom. The molecule has 1 fully saturated rings. The average molecular weight is 276 g/mol. The Hall–Kier alpha value is -0.620. The summed E-state index contributed by atoms with van der Waals surface area (Å²) in [5.74, 6) is 0.603. The van der Waals surface area contributed by atoms with Crippen molar-refractivity contribution in [2.45, 2.75) is 44.9 Å². The van der Waals surface area contributed by atoms with Crippen LogP contribution in [0, 0.1) is 5.92 Å². The van der Waals surface area contributed by atoms with Gasteiger partial charge in [0.15, 0.2) is 9.84 Å². The number of amides is 1. The summed E-state index contributed by atoms with van der Waals surface area (Å²) in [5.41, 5.74) is 0. The highest BCUT2D eigenvalue weighted by Crippen LogP contribution is 2.18. The fraction of sp³-hybridized carbons (Fsp3) is 0.917. The maximum absolute atomic E-state index is 11.6. The van der Waals surface area contributed by atoms with Crippen LogP contribution in [0.15, 0.2) is 0 Å². The Balaban J connectivity index is 2.24. The quantitative estimate of drug-likeness (QED) is 0.732. The summed E-state index contributed by atoms with van der Waals surface area (Å²) >= 11 is 0. The van der Waals surface area contributed by atoms with Crippen LogP contribution >= 0.6 is 0 Å². The summed E-state index contributed by atoms with van der Waals surface area (Å²) in [6, 6.07) is 0.134. The number of hydrogen-bond donors (Lipinski definition) is 2. The molecule has 2 unspecified atom stereocenters. The minimum absolute atomic E-state index is 0.0772. The second-order valence-corrected chi connectivity index (χ2v) is 7.76. The van der Waals surface area contributed by atoms with Gasteiger partial charge in [0.05, 0.1) is 17.5 Å². The Kier molecular flexibility index (Phi) is 5.59. The molecule has 6 heteroatoms. The third-order valence-corrected chi connectivity index (χ3v) is 5.78. The zero-order valence-electron chi connectivity index (χ0n) is 11.4. The van der Waals surface area contributed by atoms with Gasteiger partial charge in [0, 0.05) is 12.6 Å². The minimum atomic E-state index is -2.92. The van der Waals surface area contributed by atoms with Gasteiger partial charge in [0.1, 0.15) is 0 Å². The van der Waals surface area contributed by atoms with Crippen LogP contribution in [0.5, 0.6) is 0 Å². The minimum Gasteiger partial charge on any atom is -0.352 e. The van der Waals surface area contributed by atoms with Gasteiger partial charge in [-0.3, -0.25) is 4.79 Å². The van der Waals surface area contributed by atoms with E-state index in [-0.39, 0.29) is 29.5 Å². The van der Waals surface area contributed by atoms with E-state index in [2.05, 4.69) is 10.6 Å². The molecule has 0 aromatic carbocycles. The van der Waals surface area contributed by atoms with E-state index in [1.165, 1.54) is 0 Å². The molecule has 1 heterocycles. The van der Waals surface area contributed by atoms with Crippen molar-refractivity contribution in [1.82, 2.24) is 10.6 Å². The molecule has 5 nitrogen and oxygen atoms in total. The van der Waals surface area contributed by atoms with Crippen LogP contribution in [0.25, 0.3) is 0 Å². The highest BCUT2D eigenvalue weighted by Gasteiger charge is 2.30. The van der Waals surface area contributed by atoms with Gasteiger partial charge in [0.25, 0.3) is 0 Å². The van der Waals surface area contributed by atoms with E-state index in [4.69, 9.17) is 0 Å². The maximum atomic E-state index is 11.6. The molecule has 0 aromatic heterocycles. The van der Waals surface area contributed by atoms with E-state index in [0.717, 1.165) is 6.42 Å². The van der Waals surface area contributed by atoms with E-state index in [9.17, 15) is 13.2 Å². The van der Waals surface area contributed by atoms with Crippen LogP contribution in [0.4, 0.5) is 0 Å². The molecule has 1 aliphatic rings. The molecule has 0 aliphatic carbocycles.